The van der Waals surface area contributed by atoms with Gasteiger partial charge in [0.2, 0.25) is 0 Å². The van der Waals surface area contributed by atoms with Gasteiger partial charge in [-0.05, 0) is 74.6 Å². The number of thiazole rings is 1. The zero-order valence-corrected chi connectivity index (χ0v) is 26.6. The summed E-state index contributed by atoms with van der Waals surface area (Å²) in [4.78, 5) is 31.8. The van der Waals surface area contributed by atoms with Gasteiger partial charge in [-0.15, -0.1) is 11.3 Å². The molecule has 43 heavy (non-hydrogen) atoms. The number of rotatable bonds is 5. The van der Waals surface area contributed by atoms with Crippen LogP contribution in [0.5, 0.6) is 0 Å². The van der Waals surface area contributed by atoms with E-state index >= 15 is 0 Å². The Labute approximate surface area is 261 Å². The first kappa shape index (κ1) is 28.6. The fourth-order valence-corrected chi connectivity index (χ4v) is 12.4. The Morgan fingerprint density at radius 2 is 1.98 bits per heavy atom. The Bertz CT molecular complexity index is 1490. The molecule has 0 amide bonds. The predicted molar refractivity (Wildman–Crippen MR) is 168 cm³/mol. The fourth-order valence-electron chi connectivity index (χ4n) is 10.4. The van der Waals surface area contributed by atoms with E-state index in [1.54, 1.807) is 23.5 Å². The topological polar surface area (TPSA) is 85.7 Å². The van der Waals surface area contributed by atoms with Gasteiger partial charge in [0.15, 0.2) is 27.8 Å². The lowest BCUT2D eigenvalue weighted by Crippen LogP contribution is -2.63. The number of ketones is 2. The highest BCUT2D eigenvalue weighted by Crippen LogP contribution is 2.70. The van der Waals surface area contributed by atoms with E-state index in [1.165, 1.54) is 31.0 Å². The number of Topliss-reactive ketones (excluding diaryl/α,β-unsaturated/α-hetero) is 1. The summed E-state index contributed by atoms with van der Waals surface area (Å²) in [6, 6.07) is 8.10. The molecule has 5 fully saturated rings. The molecule has 8 heteroatoms. The molecule has 228 valence electrons. The molecule has 2 heterocycles. The first-order chi connectivity index (χ1) is 20.7. The molecule has 1 N–H and O–H groups in total. The second-order valence-electron chi connectivity index (χ2n) is 14.4. The van der Waals surface area contributed by atoms with Crippen molar-refractivity contribution in [1.82, 2.24) is 4.98 Å². The monoisotopic (exact) mass is 619 g/mol. The highest BCUT2D eigenvalue weighted by Gasteiger charge is 2.76. The van der Waals surface area contributed by atoms with E-state index in [0.717, 1.165) is 52.2 Å². The number of carbonyl (C=O) groups is 2. The van der Waals surface area contributed by atoms with Crippen LogP contribution >= 0.6 is 23.1 Å². The van der Waals surface area contributed by atoms with Crippen LogP contribution in [-0.2, 0) is 19.1 Å². The van der Waals surface area contributed by atoms with Gasteiger partial charge < -0.3 is 14.6 Å². The number of nitrogens with zero attached hydrogens (tertiary/aromatic N) is 1. The molecule has 6 aliphatic rings. The molecular weight excluding hydrogens is 579 g/mol. The summed E-state index contributed by atoms with van der Waals surface area (Å²) in [5.74, 6) is 1.14. The molecule has 7 unspecified atom stereocenters. The van der Waals surface area contributed by atoms with Crippen molar-refractivity contribution < 1.29 is 24.2 Å². The molecule has 1 aromatic heterocycles. The third kappa shape index (κ3) is 4.19. The van der Waals surface area contributed by atoms with E-state index in [0.29, 0.717) is 12.3 Å². The zero-order valence-electron chi connectivity index (χ0n) is 25.0. The highest BCUT2D eigenvalue weighted by molar-refractivity contribution is 8.01. The summed E-state index contributed by atoms with van der Waals surface area (Å²) in [5.41, 5.74) is 0.138. The number of para-hydroxylation sites is 1. The summed E-state index contributed by atoms with van der Waals surface area (Å²) in [6.07, 6.45) is 13.1. The van der Waals surface area contributed by atoms with Gasteiger partial charge >= 0.3 is 0 Å². The van der Waals surface area contributed by atoms with Gasteiger partial charge in [-0.3, -0.25) is 9.59 Å². The van der Waals surface area contributed by atoms with Crippen LogP contribution in [0.2, 0.25) is 0 Å². The average molecular weight is 620 g/mol. The molecule has 5 aliphatic carbocycles. The number of aliphatic hydroxyl groups is 1. The maximum Gasteiger partial charge on any atom is 0.178 e. The number of hydrogen-bond acceptors (Lipinski definition) is 8. The van der Waals surface area contributed by atoms with Gasteiger partial charge in [-0.25, -0.2) is 4.98 Å². The second-order valence-corrected chi connectivity index (χ2v) is 16.6. The normalized spacial score (nSPS) is 42.3. The average Bonchev–Trinajstić information content (AvgIpc) is 3.66. The largest absolute Gasteiger partial charge is 0.393 e. The van der Waals surface area contributed by atoms with Crippen LogP contribution < -0.4 is 0 Å². The van der Waals surface area contributed by atoms with E-state index in [2.05, 4.69) is 19.9 Å². The van der Waals surface area contributed by atoms with Crippen LogP contribution in [0.1, 0.15) is 71.6 Å². The van der Waals surface area contributed by atoms with Gasteiger partial charge in [0, 0.05) is 22.7 Å². The minimum Gasteiger partial charge on any atom is -0.393 e. The minimum atomic E-state index is -1.08. The van der Waals surface area contributed by atoms with Gasteiger partial charge in [0.25, 0.3) is 0 Å². The van der Waals surface area contributed by atoms with Crippen molar-refractivity contribution in [3.05, 3.63) is 48.1 Å². The zero-order chi connectivity index (χ0) is 29.6. The van der Waals surface area contributed by atoms with Crippen LogP contribution in [0.15, 0.2) is 52.4 Å². The maximum atomic E-state index is 14.7. The number of carbonyl (C=O) groups excluding carboxylic acids is 2. The summed E-state index contributed by atoms with van der Waals surface area (Å²) in [5, 5.41) is 12.0. The van der Waals surface area contributed by atoms with Crippen molar-refractivity contribution in [2.75, 3.05) is 5.75 Å². The van der Waals surface area contributed by atoms with Gasteiger partial charge in [-0.2, -0.15) is 0 Å². The quantitative estimate of drug-likeness (QED) is 0.364. The first-order valence-electron chi connectivity index (χ1n) is 16.2. The Hall–Kier alpha value is -1.84. The third-order valence-electron chi connectivity index (χ3n) is 12.3. The second kappa shape index (κ2) is 10.3. The number of allylic oxidation sites excluding steroid dienone is 4. The summed E-state index contributed by atoms with van der Waals surface area (Å²) in [7, 11) is 0. The van der Waals surface area contributed by atoms with E-state index in [4.69, 9.17) is 14.5 Å². The Morgan fingerprint density at radius 1 is 1.16 bits per heavy atom. The van der Waals surface area contributed by atoms with Gasteiger partial charge in [-0.1, -0.05) is 68.7 Å². The first-order valence-corrected chi connectivity index (χ1v) is 18.0. The van der Waals surface area contributed by atoms with Crippen LogP contribution in [0.4, 0.5) is 0 Å². The predicted octanol–water partition coefficient (Wildman–Crippen LogP) is 6.91. The summed E-state index contributed by atoms with van der Waals surface area (Å²) < 4.78 is 16.0. The van der Waals surface area contributed by atoms with Crippen molar-refractivity contribution >= 4 is 44.9 Å². The highest BCUT2D eigenvalue weighted by atomic mass is 32.2. The van der Waals surface area contributed by atoms with Gasteiger partial charge in [0.1, 0.15) is 0 Å². The third-order valence-corrected chi connectivity index (χ3v) is 14.5. The summed E-state index contributed by atoms with van der Waals surface area (Å²) >= 11 is 3.14. The molecule has 1 saturated heterocycles. The maximum absolute atomic E-state index is 14.7. The van der Waals surface area contributed by atoms with Crippen LogP contribution in [0.3, 0.4) is 0 Å². The summed E-state index contributed by atoms with van der Waals surface area (Å²) in [6.45, 7) is 4.42. The molecule has 0 spiro atoms. The number of thioether (sulfide) groups is 1. The van der Waals surface area contributed by atoms with Crippen LogP contribution in [0, 0.1) is 34.5 Å². The molecule has 0 radical (unpaired) electrons. The smallest absolute Gasteiger partial charge is 0.178 e. The SMILES string of the molecule is CC12C=CC(=O)C=C1CCC1C2C(O)CC2(C)C1C[C@H]1OC(C3CCCCC3)O[C@]12C(=O)CSc1nc2ccccc2s1. The lowest BCUT2D eigenvalue weighted by atomic mass is 9.46. The van der Waals surface area contributed by atoms with E-state index in [-0.39, 0.29) is 52.9 Å². The molecule has 0 bridgehead atoms. The molecule has 6 nitrogen and oxygen atoms in total. The molecule has 1 aliphatic heterocycles. The van der Waals surface area contributed by atoms with Crippen molar-refractivity contribution in [3.63, 3.8) is 0 Å². The lowest BCUT2D eigenvalue weighted by molar-refractivity contribution is -0.207. The Balaban J connectivity index is 1.13. The molecule has 9 atom stereocenters. The Kier molecular flexibility index (Phi) is 6.89. The lowest BCUT2D eigenvalue weighted by Gasteiger charge is -2.59. The van der Waals surface area contributed by atoms with E-state index < -0.39 is 17.1 Å². The Morgan fingerprint density at radius 3 is 2.79 bits per heavy atom. The molecule has 4 saturated carbocycles. The van der Waals surface area contributed by atoms with Crippen molar-refractivity contribution in [2.45, 2.75) is 100 Å². The number of fused-ring (bicyclic) bond motifs is 8. The number of aliphatic hydroxyl groups excluding tert-OH is 1. The fraction of sp³-hybridized carbons (Fsp3) is 0.629. The number of benzene rings is 1. The van der Waals surface area contributed by atoms with Crippen LogP contribution in [-0.4, -0.2) is 51.5 Å². The van der Waals surface area contributed by atoms with Gasteiger partial charge in [0.05, 0.1) is 28.2 Å². The van der Waals surface area contributed by atoms with Crippen molar-refractivity contribution in [1.29, 1.82) is 0 Å². The van der Waals surface area contributed by atoms with E-state index in [1.807, 2.05) is 24.3 Å². The number of aromatic nitrogens is 1. The van der Waals surface area contributed by atoms with E-state index in [9.17, 15) is 14.7 Å². The molecular formula is C35H41NO5S2. The minimum absolute atomic E-state index is 0.00664. The van der Waals surface area contributed by atoms with Crippen molar-refractivity contribution in [3.8, 4) is 0 Å². The molecule has 8 rings (SSSR count). The molecule has 1 aromatic carbocycles. The van der Waals surface area contributed by atoms with Crippen molar-refractivity contribution in [2.24, 2.45) is 34.5 Å². The number of hydrogen-bond donors (Lipinski definition) is 1. The standard InChI is InChI=1S/C35H41NO5S2/c1-33-15-14-22(37)16-21(33)12-13-23-24-17-29-35(34(24,2)18-26(38)30(23)33,41-31(40-29)20-8-4-3-5-9-20)28(39)19-42-32-36-25-10-6-7-11-27(25)43-32/h6-7,10-11,14-16,20,23-24,26,29-31,38H,3-5,8-9,12-13,17-19H2,1-2H3/t23?,24?,26?,29-,30?,31?,33?,34?,35-/m1/s1. The van der Waals surface area contributed by atoms with Crippen LogP contribution in [0.25, 0.3) is 10.2 Å². The molecule has 2 aromatic rings. The number of ether oxygens (including phenoxy) is 2.